The summed E-state index contributed by atoms with van der Waals surface area (Å²) >= 11 is 0. The van der Waals surface area contributed by atoms with E-state index >= 15 is 0 Å². The van der Waals surface area contributed by atoms with Gasteiger partial charge in [-0.3, -0.25) is 4.79 Å². The molecule has 0 bridgehead atoms. The minimum absolute atomic E-state index is 0.0316. The summed E-state index contributed by atoms with van der Waals surface area (Å²) in [5, 5.41) is 12.1. The van der Waals surface area contributed by atoms with Gasteiger partial charge in [0, 0.05) is 6.54 Å². The van der Waals surface area contributed by atoms with Gasteiger partial charge >= 0.3 is 5.97 Å². The number of benzene rings is 2. The fourth-order valence-electron chi connectivity index (χ4n) is 1.95. The summed E-state index contributed by atoms with van der Waals surface area (Å²) < 4.78 is 5.10. The molecule has 0 unspecified atom stereocenters. The second-order valence-corrected chi connectivity index (χ2v) is 5.30. The molecular weight excluding hydrogens is 294 g/mol. The predicted octanol–water partition coefficient (Wildman–Crippen LogP) is 2.56. The van der Waals surface area contributed by atoms with Crippen molar-refractivity contribution in [3.8, 4) is 5.75 Å². The van der Waals surface area contributed by atoms with E-state index in [1.54, 1.807) is 0 Å². The summed E-state index contributed by atoms with van der Waals surface area (Å²) in [6.07, 6.45) is -0.921. The van der Waals surface area contributed by atoms with Gasteiger partial charge in [0.2, 0.25) is 0 Å². The number of aryl methyl sites for hydroxylation is 1. The lowest BCUT2D eigenvalue weighted by Crippen LogP contribution is -2.35. The number of rotatable bonds is 5. The average Bonchev–Trinajstić information content (AvgIpc) is 2.54. The van der Waals surface area contributed by atoms with Crippen molar-refractivity contribution < 1.29 is 19.4 Å². The molecule has 0 fully saturated rings. The number of nitrogens with one attached hydrogen (secondary N) is 1. The first kappa shape index (κ1) is 16.5. The Morgan fingerprint density at radius 2 is 1.87 bits per heavy atom. The molecule has 0 radical (unpaired) electrons. The number of phenols is 1. The maximum atomic E-state index is 12.0. The Morgan fingerprint density at radius 1 is 1.17 bits per heavy atom. The number of hydrogen-bond acceptors (Lipinski definition) is 4. The summed E-state index contributed by atoms with van der Waals surface area (Å²) in [6.45, 7) is 3.86. The molecule has 0 aromatic heterocycles. The van der Waals surface area contributed by atoms with Crippen LogP contribution in [0, 0.1) is 6.92 Å². The lowest BCUT2D eigenvalue weighted by atomic mass is 10.1. The van der Waals surface area contributed by atoms with Gasteiger partial charge in [0.25, 0.3) is 5.91 Å². The first-order valence-corrected chi connectivity index (χ1v) is 7.29. The van der Waals surface area contributed by atoms with Gasteiger partial charge in [-0.2, -0.15) is 0 Å². The van der Waals surface area contributed by atoms with Gasteiger partial charge < -0.3 is 15.2 Å². The van der Waals surface area contributed by atoms with Gasteiger partial charge in [-0.25, -0.2) is 4.79 Å². The van der Waals surface area contributed by atoms with E-state index < -0.39 is 12.1 Å². The molecule has 5 heteroatoms. The first-order chi connectivity index (χ1) is 11.0. The van der Waals surface area contributed by atoms with Crippen LogP contribution in [-0.2, 0) is 16.1 Å². The van der Waals surface area contributed by atoms with E-state index in [1.807, 2.05) is 31.2 Å². The van der Waals surface area contributed by atoms with Gasteiger partial charge in [0.15, 0.2) is 6.10 Å². The maximum absolute atomic E-state index is 12.0. The smallest absolute Gasteiger partial charge is 0.339 e. The Bertz CT molecular complexity index is 694. The molecule has 0 aliphatic heterocycles. The number of carbonyl (C=O) groups is 2. The number of aromatic hydroxyl groups is 1. The predicted molar refractivity (Wildman–Crippen MR) is 86.0 cm³/mol. The van der Waals surface area contributed by atoms with Crippen molar-refractivity contribution in [2.45, 2.75) is 26.5 Å². The highest BCUT2D eigenvalue weighted by Crippen LogP contribution is 2.12. The van der Waals surface area contributed by atoms with Gasteiger partial charge in [-0.05, 0) is 37.6 Å². The van der Waals surface area contributed by atoms with Crippen molar-refractivity contribution in [1.82, 2.24) is 5.32 Å². The number of esters is 1. The largest absolute Gasteiger partial charge is 0.508 e. The summed E-state index contributed by atoms with van der Waals surface area (Å²) in [5.41, 5.74) is 2.31. The number of ether oxygens (including phenoxy) is 1. The number of carbonyl (C=O) groups excluding carboxylic acids is 2. The van der Waals surface area contributed by atoms with Crippen LogP contribution in [0.5, 0.6) is 5.75 Å². The Hall–Kier alpha value is -2.82. The van der Waals surface area contributed by atoms with E-state index in [2.05, 4.69) is 5.32 Å². The zero-order valence-corrected chi connectivity index (χ0v) is 13.1. The first-order valence-electron chi connectivity index (χ1n) is 7.29. The number of hydrogen-bond donors (Lipinski definition) is 2. The molecule has 0 saturated heterocycles. The van der Waals surface area contributed by atoms with E-state index in [-0.39, 0.29) is 17.2 Å². The lowest BCUT2D eigenvalue weighted by Gasteiger charge is -2.13. The fraction of sp³-hybridized carbons (Fsp3) is 0.222. The summed E-state index contributed by atoms with van der Waals surface area (Å²) in [7, 11) is 0. The van der Waals surface area contributed by atoms with Gasteiger partial charge in [-0.1, -0.05) is 35.9 Å². The topological polar surface area (TPSA) is 75.6 Å². The van der Waals surface area contributed by atoms with Crippen molar-refractivity contribution in [3.63, 3.8) is 0 Å². The molecule has 2 aromatic carbocycles. The van der Waals surface area contributed by atoms with Crippen molar-refractivity contribution >= 4 is 11.9 Å². The normalized spacial score (nSPS) is 11.6. The molecule has 0 heterocycles. The third kappa shape index (κ3) is 4.85. The van der Waals surface area contributed by atoms with Crippen molar-refractivity contribution in [2.75, 3.05) is 0 Å². The molecule has 0 aliphatic rings. The van der Waals surface area contributed by atoms with E-state index in [0.29, 0.717) is 6.54 Å². The SMILES string of the molecule is Cc1ccc(CNC(=O)[C@@H](C)OC(=O)c2cccc(O)c2)cc1. The molecule has 0 spiro atoms. The zero-order chi connectivity index (χ0) is 16.8. The molecule has 2 aromatic rings. The quantitative estimate of drug-likeness (QED) is 0.832. The van der Waals surface area contributed by atoms with E-state index in [4.69, 9.17) is 4.74 Å². The van der Waals surface area contributed by atoms with Crippen molar-refractivity contribution in [2.24, 2.45) is 0 Å². The Kier molecular flexibility index (Phi) is 5.36. The molecule has 1 atom stereocenters. The minimum Gasteiger partial charge on any atom is -0.508 e. The van der Waals surface area contributed by atoms with Crippen LogP contribution in [-0.4, -0.2) is 23.1 Å². The highest BCUT2D eigenvalue weighted by atomic mass is 16.5. The fourth-order valence-corrected chi connectivity index (χ4v) is 1.95. The molecule has 2 N–H and O–H groups in total. The minimum atomic E-state index is -0.921. The van der Waals surface area contributed by atoms with Crippen LogP contribution >= 0.6 is 0 Å². The standard InChI is InChI=1S/C18H19NO4/c1-12-6-8-14(9-7-12)11-19-17(21)13(2)23-18(22)15-4-3-5-16(20)10-15/h3-10,13,20H,11H2,1-2H3,(H,19,21)/t13-/m1/s1. The van der Waals surface area contributed by atoms with Crippen LogP contribution in [0.3, 0.4) is 0 Å². The van der Waals surface area contributed by atoms with Crippen LogP contribution in [0.15, 0.2) is 48.5 Å². The molecule has 2 rings (SSSR count). The molecular formula is C18H19NO4. The average molecular weight is 313 g/mol. The summed E-state index contributed by atoms with van der Waals surface area (Å²) in [6, 6.07) is 13.6. The van der Waals surface area contributed by atoms with Gasteiger partial charge in [-0.15, -0.1) is 0 Å². The molecule has 0 aliphatic carbocycles. The molecule has 1 amide bonds. The van der Waals surface area contributed by atoms with E-state index in [0.717, 1.165) is 11.1 Å². The molecule has 5 nitrogen and oxygen atoms in total. The van der Waals surface area contributed by atoms with Gasteiger partial charge in [0.05, 0.1) is 5.56 Å². The molecule has 120 valence electrons. The Labute approximate surface area is 134 Å². The number of phenolic OH excluding ortho intramolecular Hbond substituents is 1. The van der Waals surface area contributed by atoms with Gasteiger partial charge in [0.1, 0.15) is 5.75 Å². The third-order valence-electron chi connectivity index (χ3n) is 3.32. The summed E-state index contributed by atoms with van der Waals surface area (Å²) in [4.78, 5) is 23.9. The Balaban J connectivity index is 1.87. The zero-order valence-electron chi connectivity index (χ0n) is 13.1. The Morgan fingerprint density at radius 3 is 2.52 bits per heavy atom. The lowest BCUT2D eigenvalue weighted by molar-refractivity contribution is -0.129. The highest BCUT2D eigenvalue weighted by molar-refractivity contribution is 5.92. The van der Waals surface area contributed by atoms with Crippen molar-refractivity contribution in [3.05, 3.63) is 65.2 Å². The van der Waals surface area contributed by atoms with Crippen LogP contribution < -0.4 is 5.32 Å². The second kappa shape index (κ2) is 7.45. The highest BCUT2D eigenvalue weighted by Gasteiger charge is 2.18. The van der Waals surface area contributed by atoms with Crippen LogP contribution in [0.25, 0.3) is 0 Å². The van der Waals surface area contributed by atoms with Crippen LogP contribution in [0.4, 0.5) is 0 Å². The molecule has 23 heavy (non-hydrogen) atoms. The number of amides is 1. The maximum Gasteiger partial charge on any atom is 0.339 e. The van der Waals surface area contributed by atoms with Crippen LogP contribution in [0.1, 0.15) is 28.4 Å². The van der Waals surface area contributed by atoms with Crippen molar-refractivity contribution in [1.29, 1.82) is 0 Å². The van der Waals surface area contributed by atoms with E-state index in [1.165, 1.54) is 31.2 Å². The van der Waals surface area contributed by atoms with E-state index in [9.17, 15) is 14.7 Å². The summed E-state index contributed by atoms with van der Waals surface area (Å²) in [5.74, 6) is -1.06. The third-order valence-corrected chi connectivity index (χ3v) is 3.32. The van der Waals surface area contributed by atoms with Crippen LogP contribution in [0.2, 0.25) is 0 Å². The second-order valence-electron chi connectivity index (χ2n) is 5.30. The monoisotopic (exact) mass is 313 g/mol. The molecule has 0 saturated carbocycles.